The van der Waals surface area contributed by atoms with E-state index in [-0.39, 0.29) is 0 Å². The predicted octanol–water partition coefficient (Wildman–Crippen LogP) is 3.29. The number of nitrogens with zero attached hydrogens (tertiary/aromatic N) is 4. The van der Waals surface area contributed by atoms with Crippen molar-refractivity contribution in [3.8, 4) is 5.75 Å². The Labute approximate surface area is 128 Å². The smallest absolute Gasteiger partial charge is 0.123 e. The molecule has 112 valence electrons. The molecule has 0 aliphatic rings. The highest BCUT2D eigenvalue weighted by atomic mass is 16.5. The van der Waals surface area contributed by atoms with Gasteiger partial charge in [-0.05, 0) is 18.6 Å². The van der Waals surface area contributed by atoms with Crippen LogP contribution in [0.2, 0.25) is 0 Å². The summed E-state index contributed by atoms with van der Waals surface area (Å²) in [6, 6.07) is 16.1. The summed E-state index contributed by atoms with van der Waals surface area (Å²) in [5.41, 5.74) is 3.36. The molecule has 0 fully saturated rings. The minimum atomic E-state index is 0.341. The first-order valence-corrected chi connectivity index (χ1v) is 6.98. The number of aromatic amines is 1. The molecule has 0 spiro atoms. The van der Waals surface area contributed by atoms with Crippen molar-refractivity contribution in [1.82, 2.24) is 20.6 Å². The van der Waals surface area contributed by atoms with Crippen LogP contribution in [0, 0.1) is 6.92 Å². The van der Waals surface area contributed by atoms with Gasteiger partial charge >= 0.3 is 0 Å². The molecule has 1 aromatic heterocycles. The Morgan fingerprint density at radius 3 is 2.68 bits per heavy atom. The lowest BCUT2D eigenvalue weighted by molar-refractivity contribution is 0.303. The zero-order valence-corrected chi connectivity index (χ0v) is 12.2. The second-order valence-corrected chi connectivity index (χ2v) is 4.91. The maximum Gasteiger partial charge on any atom is 0.123 e. The highest BCUT2D eigenvalue weighted by Crippen LogP contribution is 2.24. The third-order valence-corrected chi connectivity index (χ3v) is 3.21. The van der Waals surface area contributed by atoms with Crippen LogP contribution in [0.5, 0.6) is 5.75 Å². The molecule has 3 rings (SSSR count). The number of para-hydroxylation sites is 1. The fraction of sp³-hybridized carbons (Fsp3) is 0.188. The normalized spacial score (nSPS) is 10.4. The van der Waals surface area contributed by atoms with Crippen LogP contribution >= 0.6 is 0 Å². The summed E-state index contributed by atoms with van der Waals surface area (Å²) in [5, 5.41) is 17.7. The average Bonchev–Trinajstić information content (AvgIpc) is 3.07. The summed E-state index contributed by atoms with van der Waals surface area (Å²) < 4.78 is 5.91. The van der Waals surface area contributed by atoms with Crippen molar-refractivity contribution in [1.29, 1.82) is 0 Å². The number of benzene rings is 2. The Hall–Kier alpha value is -2.89. The molecule has 0 radical (unpaired) electrons. The Morgan fingerprint density at radius 1 is 1.09 bits per heavy atom. The average molecular weight is 294 g/mol. The van der Waals surface area contributed by atoms with Crippen molar-refractivity contribution in [3.63, 3.8) is 0 Å². The Morgan fingerprint density at radius 2 is 1.91 bits per heavy atom. The van der Waals surface area contributed by atoms with Crippen LogP contribution < -0.4 is 4.74 Å². The fourth-order valence-electron chi connectivity index (χ4n) is 2.00. The molecule has 1 N–H and O–H groups in total. The van der Waals surface area contributed by atoms with Crippen LogP contribution in [0.4, 0.5) is 5.95 Å². The van der Waals surface area contributed by atoms with Crippen molar-refractivity contribution < 1.29 is 4.74 Å². The van der Waals surface area contributed by atoms with E-state index in [0.29, 0.717) is 19.1 Å². The first-order valence-electron chi connectivity index (χ1n) is 6.98. The Kier molecular flexibility index (Phi) is 4.29. The molecule has 6 nitrogen and oxygen atoms in total. The molecule has 0 aliphatic heterocycles. The Bertz CT molecular complexity index is 710. The van der Waals surface area contributed by atoms with Gasteiger partial charge in [-0.25, -0.2) is 0 Å². The molecule has 0 atom stereocenters. The fourth-order valence-corrected chi connectivity index (χ4v) is 2.00. The van der Waals surface area contributed by atoms with Crippen LogP contribution in [0.3, 0.4) is 0 Å². The zero-order valence-electron chi connectivity index (χ0n) is 12.2. The molecule has 6 heteroatoms. The van der Waals surface area contributed by atoms with Crippen molar-refractivity contribution in [2.24, 2.45) is 0 Å². The summed E-state index contributed by atoms with van der Waals surface area (Å²) in [5.74, 6) is 1.16. The van der Waals surface area contributed by atoms with Crippen molar-refractivity contribution in [3.05, 3.63) is 70.5 Å². The molecule has 0 unspecified atom stereocenters. The van der Waals surface area contributed by atoms with Gasteiger partial charge in [-0.3, -0.25) is 15.4 Å². The van der Waals surface area contributed by atoms with Gasteiger partial charge in [0.25, 0.3) is 0 Å². The van der Waals surface area contributed by atoms with Crippen LogP contribution in [0.15, 0.2) is 48.5 Å². The Balaban J connectivity index is 1.64. The summed E-state index contributed by atoms with van der Waals surface area (Å²) in [6.45, 7) is 3.04. The minimum Gasteiger partial charge on any atom is -0.489 e. The van der Waals surface area contributed by atoms with Gasteiger partial charge in [0.05, 0.1) is 5.95 Å². The number of ether oxygens (including phenoxy) is 1. The van der Waals surface area contributed by atoms with Gasteiger partial charge in [-0.2, -0.15) is 0 Å². The zero-order chi connectivity index (χ0) is 15.2. The third kappa shape index (κ3) is 3.60. The molecule has 2 aromatic carbocycles. The summed E-state index contributed by atoms with van der Waals surface area (Å²) in [6.07, 6.45) is 0. The number of nitrogens with one attached hydrogen (secondary N) is 1. The summed E-state index contributed by atoms with van der Waals surface area (Å²) in [7, 11) is 0. The van der Waals surface area contributed by atoms with E-state index in [0.717, 1.165) is 16.9 Å². The number of H-pyrrole nitrogens is 1. The van der Waals surface area contributed by atoms with Gasteiger partial charge in [0.1, 0.15) is 12.4 Å². The van der Waals surface area contributed by atoms with E-state index in [9.17, 15) is 0 Å². The molecule has 0 bridgehead atoms. The van der Waals surface area contributed by atoms with Crippen molar-refractivity contribution in [2.75, 3.05) is 0 Å². The first kappa shape index (κ1) is 14.1. The topological polar surface area (TPSA) is 77.8 Å². The van der Waals surface area contributed by atoms with Gasteiger partial charge in [-0.15, -0.1) is 5.21 Å². The monoisotopic (exact) mass is 294 g/mol. The summed E-state index contributed by atoms with van der Waals surface area (Å²) in [4.78, 5) is 0. The van der Waals surface area contributed by atoms with Crippen molar-refractivity contribution in [2.45, 2.75) is 20.1 Å². The molecule has 22 heavy (non-hydrogen) atoms. The van der Waals surface area contributed by atoms with E-state index >= 15 is 0 Å². The lowest BCUT2D eigenvalue weighted by atomic mass is 10.1. The molecule has 0 aliphatic carbocycles. The maximum absolute atomic E-state index is 5.91. The molecule has 0 amide bonds. The number of aryl methyl sites for hydroxylation is 1. The van der Waals surface area contributed by atoms with Gasteiger partial charge in [0.15, 0.2) is 0 Å². The van der Waals surface area contributed by atoms with Crippen molar-refractivity contribution >= 4 is 5.95 Å². The number of hydrogen-bond acceptors (Lipinski definition) is 4. The quantitative estimate of drug-likeness (QED) is 0.756. The largest absolute Gasteiger partial charge is 0.489 e. The van der Waals surface area contributed by atoms with E-state index < -0.39 is 0 Å². The van der Waals surface area contributed by atoms with E-state index in [2.05, 4.69) is 57.1 Å². The van der Waals surface area contributed by atoms with Gasteiger partial charge in [0, 0.05) is 12.1 Å². The van der Waals surface area contributed by atoms with Crippen LogP contribution in [0.25, 0.3) is 5.32 Å². The van der Waals surface area contributed by atoms with E-state index in [4.69, 9.17) is 4.74 Å². The van der Waals surface area contributed by atoms with Gasteiger partial charge in [0.2, 0.25) is 0 Å². The lowest BCUT2D eigenvalue weighted by Crippen LogP contribution is -1.98. The van der Waals surface area contributed by atoms with Crippen LogP contribution in [0.1, 0.15) is 16.7 Å². The third-order valence-electron chi connectivity index (χ3n) is 3.21. The SMILES string of the molecule is Cc1ccc(COc2ccccc2C[N-]c2nn[nH]n2)cc1. The van der Waals surface area contributed by atoms with E-state index in [1.165, 1.54) is 5.56 Å². The standard InChI is InChI=1S/C16H16N5O/c1-12-6-8-13(9-7-12)11-22-15-5-3-2-4-14(15)10-17-16-18-20-21-19-16/h2-9H,10-11H2,1H3,(H-,17,18,19,20,21)/q-1. The molecule has 0 saturated carbocycles. The van der Waals surface area contributed by atoms with Gasteiger partial charge in [-0.1, -0.05) is 48.0 Å². The second kappa shape index (κ2) is 6.71. The number of aromatic nitrogens is 4. The van der Waals surface area contributed by atoms with E-state index in [1.54, 1.807) is 0 Å². The second-order valence-electron chi connectivity index (χ2n) is 4.91. The van der Waals surface area contributed by atoms with Gasteiger partial charge < -0.3 is 10.1 Å². The molecular weight excluding hydrogens is 278 g/mol. The van der Waals surface area contributed by atoms with Crippen LogP contribution in [-0.2, 0) is 13.2 Å². The predicted molar refractivity (Wildman–Crippen MR) is 82.9 cm³/mol. The molecule has 0 saturated heterocycles. The number of tetrazole rings is 1. The highest BCUT2D eigenvalue weighted by molar-refractivity contribution is 5.39. The summed E-state index contributed by atoms with van der Waals surface area (Å²) >= 11 is 0. The molecule has 3 aromatic rings. The highest BCUT2D eigenvalue weighted by Gasteiger charge is 2.02. The minimum absolute atomic E-state index is 0.341. The lowest BCUT2D eigenvalue weighted by Gasteiger charge is -2.13. The van der Waals surface area contributed by atoms with Crippen LogP contribution in [-0.4, -0.2) is 20.6 Å². The maximum atomic E-state index is 5.91. The number of hydrogen-bond donors (Lipinski definition) is 1. The molecular formula is C16H16N5O-. The van der Waals surface area contributed by atoms with E-state index in [1.807, 2.05) is 24.3 Å². The first-order chi connectivity index (χ1) is 10.8. The number of rotatable bonds is 6. The molecule has 1 heterocycles.